The lowest BCUT2D eigenvalue weighted by Gasteiger charge is -2.24. The number of hydrogen-bond donors (Lipinski definition) is 2. The Hall–Kier alpha value is -2.95. The van der Waals surface area contributed by atoms with Crippen molar-refractivity contribution in [1.29, 1.82) is 0 Å². The highest BCUT2D eigenvalue weighted by atomic mass is 16.2. The molecule has 0 unspecified atom stereocenters. The van der Waals surface area contributed by atoms with Gasteiger partial charge in [0.05, 0.1) is 17.2 Å². The zero-order valence-corrected chi connectivity index (χ0v) is 13.3. The number of amides is 2. The van der Waals surface area contributed by atoms with E-state index in [1.54, 1.807) is 37.3 Å². The third-order valence-corrected chi connectivity index (χ3v) is 4.39. The van der Waals surface area contributed by atoms with E-state index in [2.05, 4.69) is 5.32 Å². The average Bonchev–Trinajstić information content (AvgIpc) is 2.55. The number of benzene rings is 2. The first kappa shape index (κ1) is 15.9. The molecule has 5 heteroatoms. The number of hydrogen-bond acceptors (Lipinski definition) is 3. The van der Waals surface area contributed by atoms with Gasteiger partial charge in [-0.1, -0.05) is 36.4 Å². The number of Topliss-reactive ketones (excluding diaryl/α,β-unsaturated/α-hetero) is 1. The third kappa shape index (κ3) is 2.80. The van der Waals surface area contributed by atoms with Crippen LogP contribution in [0.2, 0.25) is 0 Å². The zero-order chi connectivity index (χ0) is 17.3. The minimum absolute atomic E-state index is 0.0584. The number of aryl methyl sites for hydroxylation is 1. The highest BCUT2D eigenvalue weighted by molar-refractivity contribution is 6.07. The summed E-state index contributed by atoms with van der Waals surface area (Å²) in [6, 6.07) is 12.4. The normalized spacial score (nSPS) is 16.4. The summed E-state index contributed by atoms with van der Waals surface area (Å²) in [7, 11) is 0. The summed E-state index contributed by atoms with van der Waals surface area (Å²) in [5.74, 6) is -1.17. The second-order valence-corrected chi connectivity index (χ2v) is 5.95. The maximum atomic E-state index is 12.7. The summed E-state index contributed by atoms with van der Waals surface area (Å²) in [5.41, 5.74) is 8.19. The van der Waals surface area contributed by atoms with E-state index in [1.165, 1.54) is 0 Å². The van der Waals surface area contributed by atoms with E-state index in [-0.39, 0.29) is 11.7 Å². The van der Waals surface area contributed by atoms with Crippen LogP contribution in [0.3, 0.4) is 0 Å². The molecule has 0 radical (unpaired) electrons. The predicted octanol–water partition coefficient (Wildman–Crippen LogP) is 2.79. The number of fused-ring (bicyclic) bond motifs is 1. The molecular formula is C19H18N2O3. The summed E-state index contributed by atoms with van der Waals surface area (Å²) in [4.78, 5) is 36.4. The van der Waals surface area contributed by atoms with Crippen LogP contribution in [0.25, 0.3) is 0 Å². The number of primary amides is 1. The number of nitrogens with two attached hydrogens (primary N) is 1. The molecular weight excluding hydrogens is 304 g/mol. The van der Waals surface area contributed by atoms with Gasteiger partial charge in [0.15, 0.2) is 5.78 Å². The summed E-state index contributed by atoms with van der Waals surface area (Å²) >= 11 is 0. The molecule has 24 heavy (non-hydrogen) atoms. The largest absolute Gasteiger partial charge is 0.366 e. The number of anilines is 1. The van der Waals surface area contributed by atoms with Crippen molar-refractivity contribution in [3.8, 4) is 0 Å². The summed E-state index contributed by atoms with van der Waals surface area (Å²) in [5, 5.41) is 2.81. The molecule has 1 aliphatic rings. The predicted molar refractivity (Wildman–Crippen MR) is 91.1 cm³/mol. The zero-order valence-electron chi connectivity index (χ0n) is 13.3. The van der Waals surface area contributed by atoms with Gasteiger partial charge in [0, 0.05) is 12.0 Å². The fourth-order valence-electron chi connectivity index (χ4n) is 3.21. The van der Waals surface area contributed by atoms with E-state index in [1.807, 2.05) is 12.1 Å². The number of nitrogens with one attached hydrogen (secondary N) is 1. The number of rotatable bonds is 3. The summed E-state index contributed by atoms with van der Waals surface area (Å²) in [6.07, 6.45) is 0.797. The van der Waals surface area contributed by atoms with Crippen molar-refractivity contribution in [3.05, 3.63) is 64.7 Å². The molecule has 122 valence electrons. The van der Waals surface area contributed by atoms with Crippen molar-refractivity contribution < 1.29 is 14.4 Å². The van der Waals surface area contributed by atoms with Crippen LogP contribution in [0.1, 0.15) is 50.6 Å². The Labute approximate surface area is 139 Å². The molecule has 2 aromatic rings. The number of carbonyl (C=O) groups is 3. The van der Waals surface area contributed by atoms with Gasteiger partial charge in [-0.3, -0.25) is 14.4 Å². The first-order chi connectivity index (χ1) is 11.5. The molecule has 0 aliphatic heterocycles. The first-order valence-electron chi connectivity index (χ1n) is 7.81. The Bertz CT molecular complexity index is 842. The quantitative estimate of drug-likeness (QED) is 0.910. The number of carbonyl (C=O) groups excluding carboxylic acids is 3. The first-order valence-corrected chi connectivity index (χ1v) is 7.81. The topological polar surface area (TPSA) is 89.3 Å². The van der Waals surface area contributed by atoms with Gasteiger partial charge in [-0.15, -0.1) is 0 Å². The Morgan fingerprint density at radius 2 is 1.88 bits per heavy atom. The standard InChI is InChI=1S/C19H18N2O3/c1-11-5-4-8-15(17(11)18(20)23)21-19(24)14-9-10-16(22)13-7-3-2-6-12(13)14/h2-8,14H,9-10H2,1H3,(H2,20,23)(H,21,24)/t14-/m0/s1. The Balaban J connectivity index is 1.92. The lowest BCUT2D eigenvalue weighted by molar-refractivity contribution is -0.117. The minimum atomic E-state index is -0.581. The van der Waals surface area contributed by atoms with Crippen LogP contribution in [-0.2, 0) is 4.79 Å². The minimum Gasteiger partial charge on any atom is -0.366 e. The molecule has 2 amide bonds. The van der Waals surface area contributed by atoms with E-state index < -0.39 is 11.8 Å². The van der Waals surface area contributed by atoms with Gasteiger partial charge < -0.3 is 11.1 Å². The van der Waals surface area contributed by atoms with Crippen molar-refractivity contribution in [3.63, 3.8) is 0 Å². The Kier molecular flexibility index (Phi) is 4.16. The van der Waals surface area contributed by atoms with Gasteiger partial charge >= 0.3 is 0 Å². The second kappa shape index (κ2) is 6.28. The van der Waals surface area contributed by atoms with E-state index >= 15 is 0 Å². The fraction of sp³-hybridized carbons (Fsp3) is 0.211. The average molecular weight is 322 g/mol. The summed E-state index contributed by atoms with van der Waals surface area (Å²) < 4.78 is 0. The fourth-order valence-corrected chi connectivity index (χ4v) is 3.21. The molecule has 0 bridgehead atoms. The SMILES string of the molecule is Cc1cccc(NC(=O)[C@H]2CCC(=O)c3ccccc32)c1C(N)=O. The van der Waals surface area contributed by atoms with Crippen molar-refractivity contribution in [2.75, 3.05) is 5.32 Å². The maximum Gasteiger partial charge on any atom is 0.251 e. The third-order valence-electron chi connectivity index (χ3n) is 4.39. The van der Waals surface area contributed by atoms with Crippen LogP contribution < -0.4 is 11.1 Å². The lowest BCUT2D eigenvalue weighted by atomic mass is 9.81. The van der Waals surface area contributed by atoms with Gasteiger partial charge in [0.1, 0.15) is 0 Å². The molecule has 0 saturated carbocycles. The van der Waals surface area contributed by atoms with Gasteiger partial charge in [0.25, 0.3) is 5.91 Å². The highest BCUT2D eigenvalue weighted by Gasteiger charge is 2.30. The molecule has 0 heterocycles. The molecule has 0 spiro atoms. The molecule has 0 aromatic heterocycles. The van der Waals surface area contributed by atoms with E-state index in [9.17, 15) is 14.4 Å². The smallest absolute Gasteiger partial charge is 0.251 e. The van der Waals surface area contributed by atoms with Crippen LogP contribution in [0.4, 0.5) is 5.69 Å². The monoisotopic (exact) mass is 322 g/mol. The molecule has 5 nitrogen and oxygen atoms in total. The lowest BCUT2D eigenvalue weighted by Crippen LogP contribution is -2.28. The Morgan fingerprint density at radius 1 is 1.12 bits per heavy atom. The van der Waals surface area contributed by atoms with Crippen LogP contribution in [0.15, 0.2) is 42.5 Å². The van der Waals surface area contributed by atoms with Gasteiger partial charge in [-0.2, -0.15) is 0 Å². The van der Waals surface area contributed by atoms with Crippen LogP contribution >= 0.6 is 0 Å². The Morgan fingerprint density at radius 3 is 2.62 bits per heavy atom. The molecule has 3 N–H and O–H groups in total. The van der Waals surface area contributed by atoms with Gasteiger partial charge in [0.2, 0.25) is 5.91 Å². The summed E-state index contributed by atoms with van der Waals surface area (Å²) in [6.45, 7) is 1.77. The molecule has 2 aromatic carbocycles. The van der Waals surface area contributed by atoms with Crippen molar-refractivity contribution in [2.24, 2.45) is 5.73 Å². The molecule has 0 fully saturated rings. The van der Waals surface area contributed by atoms with Crippen molar-refractivity contribution in [2.45, 2.75) is 25.7 Å². The maximum absolute atomic E-state index is 12.7. The molecule has 1 aliphatic carbocycles. The van der Waals surface area contributed by atoms with Gasteiger partial charge in [-0.05, 0) is 30.5 Å². The molecule has 0 saturated heterocycles. The van der Waals surface area contributed by atoms with E-state index in [0.29, 0.717) is 35.2 Å². The van der Waals surface area contributed by atoms with Crippen molar-refractivity contribution >= 4 is 23.3 Å². The second-order valence-electron chi connectivity index (χ2n) is 5.95. The van der Waals surface area contributed by atoms with E-state index in [0.717, 1.165) is 5.56 Å². The van der Waals surface area contributed by atoms with E-state index in [4.69, 9.17) is 5.73 Å². The van der Waals surface area contributed by atoms with Crippen molar-refractivity contribution in [1.82, 2.24) is 0 Å². The molecule has 1 atom stereocenters. The number of ketones is 1. The van der Waals surface area contributed by atoms with Gasteiger partial charge in [-0.25, -0.2) is 0 Å². The van der Waals surface area contributed by atoms with Crippen LogP contribution in [-0.4, -0.2) is 17.6 Å². The highest BCUT2D eigenvalue weighted by Crippen LogP contribution is 2.33. The van der Waals surface area contributed by atoms with Crippen LogP contribution in [0.5, 0.6) is 0 Å². The molecule has 3 rings (SSSR count). The van der Waals surface area contributed by atoms with Crippen LogP contribution in [0, 0.1) is 6.92 Å².